The van der Waals surface area contributed by atoms with Crippen LogP contribution in [0.5, 0.6) is 0 Å². The Morgan fingerprint density at radius 3 is 2.52 bits per heavy atom. The summed E-state index contributed by atoms with van der Waals surface area (Å²) in [7, 11) is 0. The molecular weight excluding hydrogens is 296 g/mol. The second-order valence-electron chi connectivity index (χ2n) is 6.18. The lowest BCUT2D eigenvalue weighted by atomic mass is 9.88. The van der Waals surface area contributed by atoms with Crippen molar-refractivity contribution in [2.75, 3.05) is 6.54 Å². The fourth-order valence-electron chi connectivity index (χ4n) is 3.14. The first-order valence-electron chi connectivity index (χ1n) is 7.80. The Kier molecular flexibility index (Phi) is 4.53. The van der Waals surface area contributed by atoms with Crippen LogP contribution in [0.3, 0.4) is 0 Å². The van der Waals surface area contributed by atoms with E-state index < -0.39 is 11.6 Å². The number of carbonyl (C=O) groups is 1. The molecule has 1 aliphatic rings. The molecule has 0 spiro atoms. The molecule has 0 saturated carbocycles. The lowest BCUT2D eigenvalue weighted by Gasteiger charge is -2.38. The molecular formula is C19H19F2NO. The first-order chi connectivity index (χ1) is 11.0. The molecule has 0 aliphatic carbocycles. The van der Waals surface area contributed by atoms with Crippen LogP contribution in [0.25, 0.3) is 0 Å². The topological polar surface area (TPSA) is 20.3 Å². The number of nitrogens with zero attached hydrogens (tertiary/aromatic N) is 1. The van der Waals surface area contributed by atoms with Gasteiger partial charge in [0, 0.05) is 31.5 Å². The standard InChI is InChI=1S/C19H19F2NO/c1-13-11-22(12-14-5-3-2-4-6-14)18(10-19(13)23)15-7-8-16(20)17(21)9-15/h2-9,13,18H,10-12H2,1H3/t13-,18-/m1/s1. The number of hydrogen-bond donors (Lipinski definition) is 0. The lowest BCUT2D eigenvalue weighted by Crippen LogP contribution is -2.41. The Bertz CT molecular complexity index is 702. The average Bonchev–Trinajstić information content (AvgIpc) is 2.54. The molecule has 4 heteroatoms. The smallest absolute Gasteiger partial charge is 0.159 e. The summed E-state index contributed by atoms with van der Waals surface area (Å²) in [6.07, 6.45) is 0.332. The molecule has 1 aliphatic heterocycles. The summed E-state index contributed by atoms with van der Waals surface area (Å²) in [6, 6.07) is 13.7. The largest absolute Gasteiger partial charge is 0.299 e. The van der Waals surface area contributed by atoms with E-state index in [4.69, 9.17) is 0 Å². The number of Topliss-reactive ketones (excluding diaryl/α,β-unsaturated/α-hetero) is 1. The van der Waals surface area contributed by atoms with E-state index in [9.17, 15) is 13.6 Å². The Morgan fingerprint density at radius 2 is 1.83 bits per heavy atom. The third kappa shape index (κ3) is 3.48. The Hall–Kier alpha value is -2.07. The van der Waals surface area contributed by atoms with Crippen LogP contribution in [0.15, 0.2) is 48.5 Å². The van der Waals surface area contributed by atoms with Gasteiger partial charge in [0.25, 0.3) is 0 Å². The number of benzene rings is 2. The number of ketones is 1. The van der Waals surface area contributed by atoms with Crippen molar-refractivity contribution in [2.45, 2.75) is 25.9 Å². The highest BCUT2D eigenvalue weighted by Crippen LogP contribution is 2.33. The molecule has 1 heterocycles. The van der Waals surface area contributed by atoms with Crippen LogP contribution in [0.2, 0.25) is 0 Å². The van der Waals surface area contributed by atoms with Crippen molar-refractivity contribution < 1.29 is 13.6 Å². The minimum absolute atomic E-state index is 0.0414. The van der Waals surface area contributed by atoms with Gasteiger partial charge in [0.2, 0.25) is 0 Å². The summed E-state index contributed by atoms with van der Waals surface area (Å²) < 4.78 is 26.8. The third-order valence-corrected chi connectivity index (χ3v) is 4.45. The second kappa shape index (κ2) is 6.59. The van der Waals surface area contributed by atoms with Crippen molar-refractivity contribution in [2.24, 2.45) is 5.92 Å². The zero-order valence-electron chi connectivity index (χ0n) is 13.0. The SMILES string of the molecule is C[C@@H]1CN(Cc2ccccc2)[C@@H](c2ccc(F)c(F)c2)CC1=O. The van der Waals surface area contributed by atoms with E-state index in [1.165, 1.54) is 6.07 Å². The minimum atomic E-state index is -0.867. The second-order valence-corrected chi connectivity index (χ2v) is 6.18. The average molecular weight is 315 g/mol. The van der Waals surface area contributed by atoms with Gasteiger partial charge in [-0.3, -0.25) is 9.69 Å². The van der Waals surface area contributed by atoms with E-state index in [1.54, 1.807) is 6.07 Å². The van der Waals surface area contributed by atoms with Gasteiger partial charge in [-0.25, -0.2) is 8.78 Å². The lowest BCUT2D eigenvalue weighted by molar-refractivity contribution is -0.128. The number of piperidine rings is 1. The molecule has 0 N–H and O–H groups in total. The first-order valence-corrected chi connectivity index (χ1v) is 7.80. The molecule has 2 atom stereocenters. The van der Waals surface area contributed by atoms with Gasteiger partial charge >= 0.3 is 0 Å². The maximum absolute atomic E-state index is 13.6. The van der Waals surface area contributed by atoms with Crippen molar-refractivity contribution in [1.29, 1.82) is 0 Å². The molecule has 3 rings (SSSR count). The molecule has 2 aromatic rings. The zero-order chi connectivity index (χ0) is 16.4. The number of hydrogen-bond acceptors (Lipinski definition) is 2. The molecule has 23 heavy (non-hydrogen) atoms. The quantitative estimate of drug-likeness (QED) is 0.849. The summed E-state index contributed by atoms with van der Waals surface area (Å²) in [6.45, 7) is 3.22. The van der Waals surface area contributed by atoms with Gasteiger partial charge in [0.05, 0.1) is 0 Å². The van der Waals surface area contributed by atoms with Crippen molar-refractivity contribution in [3.63, 3.8) is 0 Å². The van der Waals surface area contributed by atoms with Crippen molar-refractivity contribution >= 4 is 5.78 Å². The van der Waals surface area contributed by atoms with Gasteiger partial charge in [-0.05, 0) is 23.3 Å². The molecule has 0 radical (unpaired) electrons. The Balaban J connectivity index is 1.89. The van der Waals surface area contributed by atoms with E-state index in [2.05, 4.69) is 4.90 Å². The molecule has 2 nitrogen and oxygen atoms in total. The summed E-state index contributed by atoms with van der Waals surface area (Å²) in [4.78, 5) is 14.3. The minimum Gasteiger partial charge on any atom is -0.299 e. The summed E-state index contributed by atoms with van der Waals surface area (Å²) in [5, 5.41) is 0. The first kappa shape index (κ1) is 15.8. The Labute approximate surface area is 134 Å². The van der Waals surface area contributed by atoms with Gasteiger partial charge in [-0.2, -0.15) is 0 Å². The maximum atomic E-state index is 13.6. The number of carbonyl (C=O) groups excluding carboxylic acids is 1. The van der Waals surface area contributed by atoms with E-state index >= 15 is 0 Å². The van der Waals surface area contributed by atoms with Crippen LogP contribution in [-0.2, 0) is 11.3 Å². The molecule has 1 saturated heterocycles. The van der Waals surface area contributed by atoms with Gasteiger partial charge in [-0.15, -0.1) is 0 Å². The van der Waals surface area contributed by atoms with E-state index in [1.807, 2.05) is 37.3 Å². The van der Waals surface area contributed by atoms with Crippen molar-refractivity contribution in [1.82, 2.24) is 4.90 Å². The van der Waals surface area contributed by atoms with Crippen LogP contribution in [-0.4, -0.2) is 17.2 Å². The predicted octanol–water partition coefficient (Wildman–Crippen LogP) is 4.12. The summed E-state index contributed by atoms with van der Waals surface area (Å²) in [5.74, 6) is -1.60. The highest BCUT2D eigenvalue weighted by molar-refractivity contribution is 5.82. The number of halogens is 2. The third-order valence-electron chi connectivity index (χ3n) is 4.45. The van der Waals surface area contributed by atoms with Crippen LogP contribution in [0, 0.1) is 17.6 Å². The van der Waals surface area contributed by atoms with Crippen LogP contribution < -0.4 is 0 Å². The number of likely N-dealkylation sites (tertiary alicyclic amines) is 1. The molecule has 0 unspecified atom stereocenters. The Morgan fingerprint density at radius 1 is 1.09 bits per heavy atom. The zero-order valence-corrected chi connectivity index (χ0v) is 13.0. The van der Waals surface area contributed by atoms with E-state index in [-0.39, 0.29) is 17.7 Å². The van der Waals surface area contributed by atoms with Gasteiger partial charge in [0.15, 0.2) is 11.6 Å². The van der Waals surface area contributed by atoms with Crippen LogP contribution >= 0.6 is 0 Å². The predicted molar refractivity (Wildman–Crippen MR) is 84.7 cm³/mol. The van der Waals surface area contributed by atoms with Crippen LogP contribution in [0.1, 0.15) is 30.5 Å². The van der Waals surface area contributed by atoms with Gasteiger partial charge in [-0.1, -0.05) is 43.3 Å². The summed E-state index contributed by atoms with van der Waals surface area (Å²) >= 11 is 0. The molecule has 2 aromatic carbocycles. The molecule has 0 aromatic heterocycles. The van der Waals surface area contributed by atoms with E-state index in [0.717, 1.165) is 11.6 Å². The maximum Gasteiger partial charge on any atom is 0.159 e. The van der Waals surface area contributed by atoms with Crippen LogP contribution in [0.4, 0.5) is 8.78 Å². The van der Waals surface area contributed by atoms with Gasteiger partial charge < -0.3 is 0 Å². The van der Waals surface area contributed by atoms with Gasteiger partial charge in [0.1, 0.15) is 5.78 Å². The summed E-state index contributed by atoms with van der Waals surface area (Å²) in [5.41, 5.74) is 1.79. The van der Waals surface area contributed by atoms with Crippen molar-refractivity contribution in [3.05, 3.63) is 71.3 Å². The molecule has 1 fully saturated rings. The number of rotatable bonds is 3. The molecule has 0 amide bonds. The van der Waals surface area contributed by atoms with E-state index in [0.29, 0.717) is 25.1 Å². The fourth-order valence-corrected chi connectivity index (χ4v) is 3.14. The highest BCUT2D eigenvalue weighted by atomic mass is 19.2. The fraction of sp³-hybridized carbons (Fsp3) is 0.316. The highest BCUT2D eigenvalue weighted by Gasteiger charge is 2.33. The monoisotopic (exact) mass is 315 g/mol. The normalized spacial score (nSPS) is 22.3. The molecule has 0 bridgehead atoms. The molecule has 120 valence electrons. The van der Waals surface area contributed by atoms with Crippen molar-refractivity contribution in [3.8, 4) is 0 Å².